The molecule has 1 atom stereocenters. The predicted octanol–water partition coefficient (Wildman–Crippen LogP) is 1.65. The molecule has 0 fully saturated rings. The topological polar surface area (TPSA) is 56.2 Å². The highest BCUT2D eigenvalue weighted by Crippen LogP contribution is 2.20. The van der Waals surface area contributed by atoms with E-state index in [2.05, 4.69) is 14.9 Å². The Morgan fingerprint density at radius 3 is 3.35 bits per heavy atom. The van der Waals surface area contributed by atoms with Gasteiger partial charge in [-0.25, -0.2) is 4.98 Å². The van der Waals surface area contributed by atoms with Gasteiger partial charge in [0.1, 0.15) is 11.6 Å². The molecule has 1 N–H and O–H groups in total. The molecular formula is C15H21N3O2. The number of amides is 1. The number of hydrogen-bond acceptors (Lipinski definition) is 3. The Balaban J connectivity index is 1.54. The maximum absolute atomic E-state index is 12.2. The molecule has 2 aliphatic heterocycles. The lowest BCUT2D eigenvalue weighted by atomic mass is 9.97. The molecule has 20 heavy (non-hydrogen) atoms. The number of aryl methyl sites for hydroxylation is 1. The summed E-state index contributed by atoms with van der Waals surface area (Å²) >= 11 is 0. The quantitative estimate of drug-likeness (QED) is 0.912. The Labute approximate surface area is 119 Å². The van der Waals surface area contributed by atoms with Crippen LogP contribution in [-0.2, 0) is 22.5 Å². The maximum atomic E-state index is 12.2. The lowest BCUT2D eigenvalue weighted by Crippen LogP contribution is -2.34. The lowest BCUT2D eigenvalue weighted by molar-refractivity contribution is -0.118. The maximum Gasteiger partial charge on any atom is 0.250 e. The molecule has 0 aromatic carbocycles. The van der Waals surface area contributed by atoms with Crippen molar-refractivity contribution in [3.63, 3.8) is 0 Å². The summed E-state index contributed by atoms with van der Waals surface area (Å²) in [5.41, 5.74) is 0.813. The largest absolute Gasteiger partial charge is 0.498 e. The SMILES string of the molecule is CC1=C(C(=O)NC[C@@H]2CCn3ccnc3C2)CCCO1. The molecule has 5 nitrogen and oxygen atoms in total. The summed E-state index contributed by atoms with van der Waals surface area (Å²) in [5, 5.41) is 3.06. The van der Waals surface area contributed by atoms with Gasteiger partial charge in [0.15, 0.2) is 0 Å². The summed E-state index contributed by atoms with van der Waals surface area (Å²) in [6.45, 7) is 4.34. The van der Waals surface area contributed by atoms with E-state index >= 15 is 0 Å². The van der Waals surface area contributed by atoms with Crippen LogP contribution in [0.2, 0.25) is 0 Å². The zero-order chi connectivity index (χ0) is 13.9. The van der Waals surface area contributed by atoms with E-state index < -0.39 is 0 Å². The fourth-order valence-electron chi connectivity index (χ4n) is 2.94. The van der Waals surface area contributed by atoms with Gasteiger partial charge in [0.25, 0.3) is 5.91 Å². The van der Waals surface area contributed by atoms with Crippen LogP contribution in [0.1, 0.15) is 32.0 Å². The molecule has 5 heteroatoms. The van der Waals surface area contributed by atoms with Gasteiger partial charge >= 0.3 is 0 Å². The first kappa shape index (κ1) is 13.2. The van der Waals surface area contributed by atoms with E-state index in [1.54, 1.807) is 0 Å². The van der Waals surface area contributed by atoms with Crippen molar-refractivity contribution in [2.24, 2.45) is 5.92 Å². The third-order valence-corrected chi connectivity index (χ3v) is 4.19. The third-order valence-electron chi connectivity index (χ3n) is 4.19. The second kappa shape index (κ2) is 5.69. The van der Waals surface area contributed by atoms with E-state index in [0.717, 1.165) is 62.5 Å². The fourth-order valence-corrected chi connectivity index (χ4v) is 2.94. The van der Waals surface area contributed by atoms with Crippen molar-refractivity contribution in [1.29, 1.82) is 0 Å². The molecule has 1 amide bonds. The second-order valence-corrected chi connectivity index (χ2v) is 5.59. The van der Waals surface area contributed by atoms with E-state index in [9.17, 15) is 4.79 Å². The Morgan fingerprint density at radius 2 is 2.50 bits per heavy atom. The van der Waals surface area contributed by atoms with Crippen LogP contribution in [0.5, 0.6) is 0 Å². The average molecular weight is 275 g/mol. The van der Waals surface area contributed by atoms with Crippen LogP contribution in [0, 0.1) is 5.92 Å². The van der Waals surface area contributed by atoms with Crippen LogP contribution in [0.15, 0.2) is 23.7 Å². The zero-order valence-corrected chi connectivity index (χ0v) is 11.9. The molecule has 0 spiro atoms. The number of aromatic nitrogens is 2. The molecule has 1 aromatic heterocycles. The Bertz CT molecular complexity index is 533. The first-order valence-electron chi connectivity index (χ1n) is 7.35. The normalized spacial score (nSPS) is 22.1. The molecule has 0 saturated carbocycles. The molecule has 1 aromatic rings. The molecule has 108 valence electrons. The monoisotopic (exact) mass is 275 g/mol. The van der Waals surface area contributed by atoms with Crippen LogP contribution in [0.3, 0.4) is 0 Å². The van der Waals surface area contributed by atoms with Crippen LogP contribution in [0.4, 0.5) is 0 Å². The van der Waals surface area contributed by atoms with Gasteiger partial charge in [-0.05, 0) is 32.1 Å². The molecule has 0 saturated heterocycles. The van der Waals surface area contributed by atoms with Crippen LogP contribution < -0.4 is 5.32 Å². The minimum atomic E-state index is 0.0381. The molecule has 0 radical (unpaired) electrons. The van der Waals surface area contributed by atoms with Gasteiger partial charge in [-0.3, -0.25) is 4.79 Å². The molecule has 0 aliphatic carbocycles. The first-order valence-corrected chi connectivity index (χ1v) is 7.35. The Hall–Kier alpha value is -1.78. The van der Waals surface area contributed by atoms with Crippen LogP contribution in [-0.4, -0.2) is 28.6 Å². The second-order valence-electron chi connectivity index (χ2n) is 5.59. The van der Waals surface area contributed by atoms with E-state index in [0.29, 0.717) is 5.92 Å². The summed E-state index contributed by atoms with van der Waals surface area (Å²) in [6.07, 6.45) is 7.68. The highest BCUT2D eigenvalue weighted by atomic mass is 16.5. The average Bonchev–Trinajstić information content (AvgIpc) is 2.92. The summed E-state index contributed by atoms with van der Waals surface area (Å²) in [5.74, 6) is 2.44. The van der Waals surface area contributed by atoms with E-state index in [1.807, 2.05) is 19.3 Å². The Kier molecular flexibility index (Phi) is 3.76. The summed E-state index contributed by atoms with van der Waals surface area (Å²) in [6, 6.07) is 0. The number of hydrogen-bond donors (Lipinski definition) is 1. The number of nitrogens with zero attached hydrogens (tertiary/aromatic N) is 2. The number of ether oxygens (including phenoxy) is 1. The summed E-state index contributed by atoms with van der Waals surface area (Å²) in [4.78, 5) is 16.5. The van der Waals surface area contributed by atoms with Crippen molar-refractivity contribution in [2.75, 3.05) is 13.2 Å². The van der Waals surface area contributed by atoms with Gasteiger partial charge in [-0.1, -0.05) is 0 Å². The molecule has 2 aliphatic rings. The molecule has 0 unspecified atom stereocenters. The minimum Gasteiger partial charge on any atom is -0.498 e. The van der Waals surface area contributed by atoms with Gasteiger partial charge in [0, 0.05) is 31.9 Å². The number of carbonyl (C=O) groups is 1. The lowest BCUT2D eigenvalue weighted by Gasteiger charge is -2.24. The molecule has 3 heterocycles. The number of imidazole rings is 1. The summed E-state index contributed by atoms with van der Waals surface area (Å²) < 4.78 is 7.64. The standard InChI is InChI=1S/C15H21N3O2/c1-11-13(3-2-8-20-11)15(19)17-10-12-4-6-18-7-5-16-14(18)9-12/h5,7,12H,2-4,6,8-10H2,1H3,(H,17,19)/t12-/m1/s1. The van der Waals surface area contributed by atoms with Gasteiger partial charge < -0.3 is 14.6 Å². The van der Waals surface area contributed by atoms with Crippen LogP contribution >= 0.6 is 0 Å². The molecule has 3 rings (SSSR count). The van der Waals surface area contributed by atoms with Crippen molar-refractivity contribution >= 4 is 5.91 Å². The van der Waals surface area contributed by atoms with Crippen molar-refractivity contribution in [3.8, 4) is 0 Å². The van der Waals surface area contributed by atoms with E-state index in [4.69, 9.17) is 4.74 Å². The van der Waals surface area contributed by atoms with Crippen molar-refractivity contribution in [1.82, 2.24) is 14.9 Å². The smallest absolute Gasteiger partial charge is 0.250 e. The van der Waals surface area contributed by atoms with Crippen molar-refractivity contribution in [3.05, 3.63) is 29.6 Å². The molecular weight excluding hydrogens is 254 g/mol. The zero-order valence-electron chi connectivity index (χ0n) is 11.9. The first-order chi connectivity index (χ1) is 9.74. The van der Waals surface area contributed by atoms with Gasteiger partial charge in [0.2, 0.25) is 0 Å². The number of carbonyl (C=O) groups excluding carboxylic acids is 1. The minimum absolute atomic E-state index is 0.0381. The van der Waals surface area contributed by atoms with E-state index in [1.165, 1.54) is 0 Å². The fraction of sp³-hybridized carbons (Fsp3) is 0.600. The number of allylic oxidation sites excluding steroid dienone is 1. The molecule has 0 bridgehead atoms. The van der Waals surface area contributed by atoms with Gasteiger partial charge in [-0.15, -0.1) is 0 Å². The highest BCUT2D eigenvalue weighted by Gasteiger charge is 2.22. The number of fused-ring (bicyclic) bond motifs is 1. The van der Waals surface area contributed by atoms with E-state index in [-0.39, 0.29) is 5.91 Å². The summed E-state index contributed by atoms with van der Waals surface area (Å²) in [7, 11) is 0. The van der Waals surface area contributed by atoms with Gasteiger partial charge in [0.05, 0.1) is 12.2 Å². The predicted molar refractivity (Wildman–Crippen MR) is 74.9 cm³/mol. The number of rotatable bonds is 3. The van der Waals surface area contributed by atoms with Crippen molar-refractivity contribution in [2.45, 2.75) is 39.2 Å². The third kappa shape index (κ3) is 2.71. The van der Waals surface area contributed by atoms with Crippen molar-refractivity contribution < 1.29 is 9.53 Å². The van der Waals surface area contributed by atoms with Gasteiger partial charge in [-0.2, -0.15) is 0 Å². The number of nitrogens with one attached hydrogen (secondary N) is 1. The Morgan fingerprint density at radius 1 is 1.60 bits per heavy atom. The highest BCUT2D eigenvalue weighted by molar-refractivity contribution is 5.93. The van der Waals surface area contributed by atoms with Crippen LogP contribution in [0.25, 0.3) is 0 Å².